The zero-order valence-electron chi connectivity index (χ0n) is 11.3. The van der Waals surface area contributed by atoms with Gasteiger partial charge in [0.15, 0.2) is 0 Å². The van der Waals surface area contributed by atoms with Gasteiger partial charge in [-0.05, 0) is 19.1 Å². The fourth-order valence-electron chi connectivity index (χ4n) is 1.72. The van der Waals surface area contributed by atoms with Crippen LogP contribution in [-0.2, 0) is 16.6 Å². The summed E-state index contributed by atoms with van der Waals surface area (Å²) in [5, 5.41) is 3.49. The van der Waals surface area contributed by atoms with Crippen LogP contribution in [0.4, 0.5) is 10.1 Å². The second kappa shape index (κ2) is 5.63. The predicted octanol–water partition coefficient (Wildman–Crippen LogP) is 2.18. The third-order valence-electron chi connectivity index (χ3n) is 2.80. The number of benzene rings is 1. The van der Waals surface area contributed by atoms with Crippen molar-refractivity contribution < 1.29 is 17.3 Å². The Bertz CT molecular complexity index is 776. The number of halogens is 2. The van der Waals surface area contributed by atoms with Crippen LogP contribution in [0, 0.1) is 12.7 Å². The molecule has 6 nitrogen and oxygen atoms in total. The van der Waals surface area contributed by atoms with Gasteiger partial charge >= 0.3 is 0 Å². The molecular weight excluding hydrogens is 321 g/mol. The van der Waals surface area contributed by atoms with Crippen molar-refractivity contribution in [2.24, 2.45) is 0 Å². The highest BCUT2D eigenvalue weighted by Gasteiger charge is 2.26. The molecule has 9 heteroatoms. The largest absolute Gasteiger partial charge is 0.396 e. The number of hydrogen-bond donors (Lipinski definition) is 1. The van der Waals surface area contributed by atoms with Crippen LogP contribution in [0.2, 0.25) is 5.02 Å². The van der Waals surface area contributed by atoms with Crippen LogP contribution in [0.25, 0.3) is 0 Å². The lowest BCUT2D eigenvalue weighted by Crippen LogP contribution is -2.27. The number of sulfonamides is 1. The minimum absolute atomic E-state index is 0.00666. The molecule has 21 heavy (non-hydrogen) atoms. The summed E-state index contributed by atoms with van der Waals surface area (Å²) in [4.78, 5) is -0.259. The first kappa shape index (κ1) is 15.7. The highest BCUT2D eigenvalue weighted by molar-refractivity contribution is 7.89. The van der Waals surface area contributed by atoms with Crippen molar-refractivity contribution in [3.05, 3.63) is 40.5 Å². The maximum absolute atomic E-state index is 13.3. The van der Waals surface area contributed by atoms with E-state index in [9.17, 15) is 12.8 Å². The van der Waals surface area contributed by atoms with E-state index in [0.717, 1.165) is 16.4 Å². The monoisotopic (exact) mass is 333 g/mol. The van der Waals surface area contributed by atoms with Crippen LogP contribution in [0.5, 0.6) is 0 Å². The van der Waals surface area contributed by atoms with Crippen LogP contribution < -0.4 is 5.73 Å². The van der Waals surface area contributed by atoms with Gasteiger partial charge in [0.2, 0.25) is 10.0 Å². The number of aromatic nitrogens is 1. The molecule has 0 unspecified atom stereocenters. The molecule has 0 aliphatic carbocycles. The minimum atomic E-state index is -3.92. The summed E-state index contributed by atoms with van der Waals surface area (Å²) in [7, 11) is -2.57. The molecule has 0 saturated heterocycles. The van der Waals surface area contributed by atoms with Crippen molar-refractivity contribution >= 4 is 27.3 Å². The topological polar surface area (TPSA) is 89.4 Å². The zero-order chi connectivity index (χ0) is 15.8. The van der Waals surface area contributed by atoms with E-state index in [2.05, 4.69) is 5.16 Å². The maximum atomic E-state index is 13.3. The van der Waals surface area contributed by atoms with Crippen molar-refractivity contribution in [1.82, 2.24) is 9.46 Å². The van der Waals surface area contributed by atoms with Gasteiger partial charge in [0.05, 0.1) is 22.9 Å². The number of rotatable bonds is 4. The van der Waals surface area contributed by atoms with Crippen molar-refractivity contribution in [2.75, 3.05) is 12.8 Å². The van der Waals surface area contributed by atoms with Gasteiger partial charge in [0, 0.05) is 13.1 Å². The zero-order valence-corrected chi connectivity index (χ0v) is 12.9. The first-order chi connectivity index (χ1) is 9.71. The molecule has 2 N–H and O–H groups in total. The van der Waals surface area contributed by atoms with Crippen LogP contribution >= 0.6 is 11.6 Å². The highest BCUT2D eigenvalue weighted by atomic mass is 35.5. The summed E-state index contributed by atoms with van der Waals surface area (Å²) in [6.45, 7) is 1.69. The highest BCUT2D eigenvalue weighted by Crippen LogP contribution is 2.28. The SMILES string of the molecule is Cc1cc(CN(C)S(=O)(=O)c2cc(N)c(F)cc2Cl)no1. The summed E-state index contributed by atoms with van der Waals surface area (Å²) in [6, 6.07) is 3.49. The summed E-state index contributed by atoms with van der Waals surface area (Å²) in [5.74, 6) is -0.200. The lowest BCUT2D eigenvalue weighted by Gasteiger charge is -2.17. The Morgan fingerprint density at radius 3 is 2.67 bits per heavy atom. The molecule has 114 valence electrons. The van der Waals surface area contributed by atoms with Gasteiger partial charge in [-0.15, -0.1) is 0 Å². The van der Waals surface area contributed by atoms with Crippen molar-refractivity contribution in [1.29, 1.82) is 0 Å². The van der Waals surface area contributed by atoms with Gasteiger partial charge in [-0.3, -0.25) is 0 Å². The molecule has 1 heterocycles. The molecule has 0 aliphatic heterocycles. The molecule has 0 aliphatic rings. The van der Waals surface area contributed by atoms with Crippen LogP contribution in [0.1, 0.15) is 11.5 Å². The standard InChI is InChI=1S/C12H13ClFN3O3S/c1-7-3-8(16-20-7)6-17(2)21(18,19)12-5-11(15)10(14)4-9(12)13/h3-5H,6,15H2,1-2H3. The molecule has 1 aromatic heterocycles. The minimum Gasteiger partial charge on any atom is -0.396 e. The molecule has 0 bridgehead atoms. The fraction of sp³-hybridized carbons (Fsp3) is 0.250. The molecule has 2 aromatic rings. The molecule has 0 atom stereocenters. The predicted molar refractivity (Wildman–Crippen MR) is 75.7 cm³/mol. The Hall–Kier alpha value is -1.64. The van der Waals surface area contributed by atoms with Crippen molar-refractivity contribution in [2.45, 2.75) is 18.4 Å². The van der Waals surface area contributed by atoms with E-state index in [1.807, 2.05) is 0 Å². The average Bonchev–Trinajstić information content (AvgIpc) is 2.79. The van der Waals surface area contributed by atoms with E-state index in [4.69, 9.17) is 21.9 Å². The molecule has 0 saturated carbocycles. The third-order valence-corrected chi connectivity index (χ3v) is 5.07. The van der Waals surface area contributed by atoms with E-state index in [1.165, 1.54) is 7.05 Å². The van der Waals surface area contributed by atoms with Gasteiger partial charge < -0.3 is 10.3 Å². The summed E-state index contributed by atoms with van der Waals surface area (Å²) >= 11 is 5.80. The first-order valence-electron chi connectivity index (χ1n) is 5.85. The van der Waals surface area contributed by atoms with Gasteiger partial charge in [-0.2, -0.15) is 4.31 Å². The molecule has 0 spiro atoms. The average molecular weight is 334 g/mol. The maximum Gasteiger partial charge on any atom is 0.244 e. The van der Waals surface area contributed by atoms with E-state index in [-0.39, 0.29) is 22.2 Å². The fourth-order valence-corrected chi connectivity index (χ4v) is 3.38. The molecular formula is C12H13ClFN3O3S. The smallest absolute Gasteiger partial charge is 0.244 e. The number of hydrogen-bond acceptors (Lipinski definition) is 5. The Labute approximate surface area is 126 Å². The number of aryl methyl sites for hydroxylation is 1. The second-order valence-corrected chi connectivity index (χ2v) is 6.91. The van der Waals surface area contributed by atoms with E-state index < -0.39 is 15.8 Å². The van der Waals surface area contributed by atoms with Crippen molar-refractivity contribution in [3.63, 3.8) is 0 Å². The Morgan fingerprint density at radius 2 is 2.10 bits per heavy atom. The van der Waals surface area contributed by atoms with Gasteiger partial charge in [-0.1, -0.05) is 16.8 Å². The quantitative estimate of drug-likeness (QED) is 0.866. The second-order valence-electron chi connectivity index (χ2n) is 4.49. The normalized spacial score (nSPS) is 12.0. The van der Waals surface area contributed by atoms with E-state index in [1.54, 1.807) is 13.0 Å². The van der Waals surface area contributed by atoms with Crippen LogP contribution in [-0.4, -0.2) is 24.9 Å². The van der Waals surface area contributed by atoms with Crippen LogP contribution in [0.3, 0.4) is 0 Å². The molecule has 0 radical (unpaired) electrons. The van der Waals surface area contributed by atoms with Crippen molar-refractivity contribution in [3.8, 4) is 0 Å². The molecule has 0 fully saturated rings. The third kappa shape index (κ3) is 3.17. The van der Waals surface area contributed by atoms with Gasteiger partial charge in [0.1, 0.15) is 16.5 Å². The van der Waals surface area contributed by atoms with E-state index in [0.29, 0.717) is 11.5 Å². The lowest BCUT2D eigenvalue weighted by molar-refractivity contribution is 0.378. The molecule has 2 rings (SSSR count). The summed E-state index contributed by atoms with van der Waals surface area (Å²) < 4.78 is 44.0. The number of anilines is 1. The molecule has 0 amide bonds. The molecule has 1 aromatic carbocycles. The number of nitrogens with zero attached hydrogens (tertiary/aromatic N) is 2. The van der Waals surface area contributed by atoms with Gasteiger partial charge in [0.25, 0.3) is 0 Å². The lowest BCUT2D eigenvalue weighted by atomic mass is 10.3. The Kier molecular flexibility index (Phi) is 4.22. The number of nitrogens with two attached hydrogens (primary N) is 1. The van der Waals surface area contributed by atoms with Gasteiger partial charge in [-0.25, -0.2) is 12.8 Å². The Balaban J connectivity index is 2.35. The summed E-state index contributed by atoms with van der Waals surface area (Å²) in [6.07, 6.45) is 0. The number of nitrogen functional groups attached to an aromatic ring is 1. The summed E-state index contributed by atoms with van der Waals surface area (Å²) in [5.41, 5.74) is 5.56. The van der Waals surface area contributed by atoms with E-state index >= 15 is 0 Å². The Morgan fingerprint density at radius 1 is 1.43 bits per heavy atom. The van der Waals surface area contributed by atoms with Crippen LogP contribution in [0.15, 0.2) is 27.6 Å². The first-order valence-corrected chi connectivity index (χ1v) is 7.66.